The van der Waals surface area contributed by atoms with Crippen LogP contribution in [0.5, 0.6) is 11.8 Å². The van der Waals surface area contributed by atoms with Gasteiger partial charge in [0.2, 0.25) is 11.8 Å². The number of methoxy groups -OCH3 is 2. The minimum Gasteiger partial charge on any atom is -0.480 e. The average molecular weight is 353 g/mol. The van der Waals surface area contributed by atoms with E-state index < -0.39 is 5.60 Å². The summed E-state index contributed by atoms with van der Waals surface area (Å²) in [5.41, 5.74) is 0.176. The van der Waals surface area contributed by atoms with Crippen LogP contribution < -0.4 is 9.47 Å². The summed E-state index contributed by atoms with van der Waals surface area (Å²) in [6.07, 6.45) is 1.87. The number of benzene rings is 1. The molecule has 0 bridgehead atoms. The molecule has 0 spiro atoms. The van der Waals surface area contributed by atoms with Crippen LogP contribution in [0.4, 0.5) is 0 Å². The van der Waals surface area contributed by atoms with Crippen molar-refractivity contribution >= 4 is 15.9 Å². The molecule has 0 radical (unpaired) electrons. The van der Waals surface area contributed by atoms with E-state index in [1.165, 1.54) is 20.4 Å². The molecule has 0 aliphatic heterocycles. The molecule has 0 amide bonds. The van der Waals surface area contributed by atoms with Gasteiger partial charge in [0.25, 0.3) is 0 Å². The molecule has 21 heavy (non-hydrogen) atoms. The van der Waals surface area contributed by atoms with Crippen LogP contribution in [0.3, 0.4) is 0 Å². The summed E-state index contributed by atoms with van der Waals surface area (Å²) >= 11 is 3.39. The van der Waals surface area contributed by atoms with Crippen LogP contribution in [0.2, 0.25) is 0 Å². The van der Waals surface area contributed by atoms with Crippen LogP contribution in [0.15, 0.2) is 34.9 Å². The quantitative estimate of drug-likeness (QED) is 0.896. The molecule has 1 N–H and O–H groups in total. The van der Waals surface area contributed by atoms with E-state index in [2.05, 4.69) is 25.9 Å². The SMILES string of the molecule is COc1cnc(C(C)(O)Cc2ccc(Br)cc2)c(OC)n1. The number of ether oxygens (including phenoxy) is 2. The Balaban J connectivity index is 2.32. The molecule has 112 valence electrons. The second kappa shape index (κ2) is 6.41. The maximum Gasteiger partial charge on any atom is 0.241 e. The Morgan fingerprint density at radius 3 is 2.43 bits per heavy atom. The van der Waals surface area contributed by atoms with Crippen LogP contribution in [0.1, 0.15) is 18.2 Å². The van der Waals surface area contributed by atoms with Gasteiger partial charge in [-0.05, 0) is 24.6 Å². The third-order valence-electron chi connectivity index (χ3n) is 3.09. The first-order chi connectivity index (χ1) is 9.96. The summed E-state index contributed by atoms with van der Waals surface area (Å²) in [5.74, 6) is 0.603. The first-order valence-electron chi connectivity index (χ1n) is 6.38. The van der Waals surface area contributed by atoms with E-state index in [1.54, 1.807) is 6.92 Å². The molecule has 0 saturated carbocycles. The normalized spacial score (nSPS) is 13.6. The summed E-state index contributed by atoms with van der Waals surface area (Å²) in [7, 11) is 2.99. The molecular weight excluding hydrogens is 336 g/mol. The zero-order chi connectivity index (χ0) is 15.5. The lowest BCUT2D eigenvalue weighted by molar-refractivity contribution is 0.0492. The van der Waals surface area contributed by atoms with Gasteiger partial charge >= 0.3 is 0 Å². The Hall–Kier alpha value is -1.66. The Labute approximate surface area is 132 Å². The standard InChI is InChI=1S/C15H17BrN2O3/c1-15(19,8-10-4-6-11(16)7-5-10)13-14(21-3)18-12(20-2)9-17-13/h4-7,9,19H,8H2,1-3H3. The van der Waals surface area contributed by atoms with Crippen molar-refractivity contribution in [3.05, 3.63) is 46.2 Å². The molecule has 0 aliphatic carbocycles. The second-order valence-electron chi connectivity index (χ2n) is 4.85. The van der Waals surface area contributed by atoms with E-state index >= 15 is 0 Å². The van der Waals surface area contributed by atoms with Gasteiger partial charge in [0.1, 0.15) is 11.3 Å². The number of aromatic nitrogens is 2. The highest BCUT2D eigenvalue weighted by Crippen LogP contribution is 2.31. The molecule has 1 atom stereocenters. The van der Waals surface area contributed by atoms with Crippen molar-refractivity contribution in [2.75, 3.05) is 14.2 Å². The minimum absolute atomic E-state index is 0.261. The molecule has 0 fully saturated rings. The number of hydrogen-bond donors (Lipinski definition) is 1. The number of aliphatic hydroxyl groups is 1. The van der Waals surface area contributed by atoms with E-state index in [0.717, 1.165) is 10.0 Å². The van der Waals surface area contributed by atoms with Gasteiger partial charge < -0.3 is 14.6 Å². The third kappa shape index (κ3) is 3.71. The highest BCUT2D eigenvalue weighted by Gasteiger charge is 2.30. The fourth-order valence-electron chi connectivity index (χ4n) is 2.05. The van der Waals surface area contributed by atoms with Crippen LogP contribution >= 0.6 is 15.9 Å². The van der Waals surface area contributed by atoms with Gasteiger partial charge in [-0.25, -0.2) is 4.98 Å². The van der Waals surface area contributed by atoms with E-state index in [9.17, 15) is 5.11 Å². The Kier molecular flexibility index (Phi) is 4.80. The van der Waals surface area contributed by atoms with Crippen molar-refractivity contribution in [2.24, 2.45) is 0 Å². The molecule has 1 unspecified atom stereocenters. The zero-order valence-corrected chi connectivity index (χ0v) is 13.7. The summed E-state index contributed by atoms with van der Waals surface area (Å²) in [6, 6.07) is 7.76. The van der Waals surface area contributed by atoms with Crippen molar-refractivity contribution in [1.29, 1.82) is 0 Å². The van der Waals surface area contributed by atoms with Gasteiger partial charge in [0.05, 0.1) is 20.4 Å². The lowest BCUT2D eigenvalue weighted by atomic mass is 9.93. The predicted molar refractivity (Wildman–Crippen MR) is 82.6 cm³/mol. The van der Waals surface area contributed by atoms with Crippen LogP contribution in [-0.2, 0) is 12.0 Å². The van der Waals surface area contributed by atoms with Crippen LogP contribution in [0, 0.1) is 0 Å². The molecule has 1 aromatic carbocycles. The lowest BCUT2D eigenvalue weighted by Crippen LogP contribution is -2.27. The molecule has 2 rings (SSSR count). The van der Waals surface area contributed by atoms with E-state index in [-0.39, 0.29) is 5.88 Å². The molecule has 2 aromatic rings. The monoisotopic (exact) mass is 352 g/mol. The van der Waals surface area contributed by atoms with E-state index in [0.29, 0.717) is 18.0 Å². The first kappa shape index (κ1) is 15.7. The maximum atomic E-state index is 10.7. The van der Waals surface area contributed by atoms with Crippen molar-refractivity contribution in [3.63, 3.8) is 0 Å². The smallest absolute Gasteiger partial charge is 0.241 e. The minimum atomic E-state index is -1.20. The number of halogens is 1. The Morgan fingerprint density at radius 1 is 1.19 bits per heavy atom. The fourth-order valence-corrected chi connectivity index (χ4v) is 2.31. The molecule has 0 saturated heterocycles. The van der Waals surface area contributed by atoms with Crippen molar-refractivity contribution in [2.45, 2.75) is 18.9 Å². The highest BCUT2D eigenvalue weighted by molar-refractivity contribution is 9.10. The number of nitrogens with zero attached hydrogens (tertiary/aromatic N) is 2. The largest absolute Gasteiger partial charge is 0.480 e. The summed E-state index contributed by atoms with van der Waals surface area (Å²) in [5, 5.41) is 10.7. The summed E-state index contributed by atoms with van der Waals surface area (Å²) in [6.45, 7) is 1.69. The summed E-state index contributed by atoms with van der Waals surface area (Å²) < 4.78 is 11.2. The predicted octanol–water partition coefficient (Wildman–Crippen LogP) is 2.71. The topological polar surface area (TPSA) is 64.5 Å². The third-order valence-corrected chi connectivity index (χ3v) is 3.62. The highest BCUT2D eigenvalue weighted by atomic mass is 79.9. The maximum absolute atomic E-state index is 10.7. The summed E-state index contributed by atoms with van der Waals surface area (Å²) in [4.78, 5) is 8.39. The molecular formula is C15H17BrN2O3. The number of rotatable bonds is 5. The van der Waals surface area contributed by atoms with E-state index in [4.69, 9.17) is 9.47 Å². The molecule has 6 heteroatoms. The van der Waals surface area contributed by atoms with Crippen LogP contribution in [-0.4, -0.2) is 29.3 Å². The van der Waals surface area contributed by atoms with Gasteiger partial charge in [0.15, 0.2) is 0 Å². The Bertz CT molecular complexity index is 615. The molecule has 0 aliphatic rings. The van der Waals surface area contributed by atoms with Crippen LogP contribution in [0.25, 0.3) is 0 Å². The van der Waals surface area contributed by atoms with Gasteiger partial charge in [0, 0.05) is 10.9 Å². The molecule has 1 aromatic heterocycles. The van der Waals surface area contributed by atoms with Crippen molar-refractivity contribution in [3.8, 4) is 11.8 Å². The van der Waals surface area contributed by atoms with Gasteiger partial charge in [-0.2, -0.15) is 4.98 Å². The Morgan fingerprint density at radius 2 is 1.86 bits per heavy atom. The van der Waals surface area contributed by atoms with Crippen molar-refractivity contribution < 1.29 is 14.6 Å². The van der Waals surface area contributed by atoms with Gasteiger partial charge in [-0.1, -0.05) is 28.1 Å². The van der Waals surface area contributed by atoms with Gasteiger partial charge in [-0.3, -0.25) is 0 Å². The van der Waals surface area contributed by atoms with Crippen molar-refractivity contribution in [1.82, 2.24) is 9.97 Å². The second-order valence-corrected chi connectivity index (χ2v) is 5.76. The average Bonchev–Trinajstić information content (AvgIpc) is 2.48. The number of hydrogen-bond acceptors (Lipinski definition) is 5. The lowest BCUT2D eigenvalue weighted by Gasteiger charge is -2.24. The van der Waals surface area contributed by atoms with E-state index in [1.807, 2.05) is 24.3 Å². The zero-order valence-electron chi connectivity index (χ0n) is 12.1. The fraction of sp³-hybridized carbons (Fsp3) is 0.333. The first-order valence-corrected chi connectivity index (χ1v) is 7.18. The van der Waals surface area contributed by atoms with Gasteiger partial charge in [-0.15, -0.1) is 0 Å². The molecule has 5 nitrogen and oxygen atoms in total. The molecule has 1 heterocycles.